The van der Waals surface area contributed by atoms with Crippen molar-refractivity contribution in [3.8, 4) is 17.5 Å². The predicted octanol–water partition coefficient (Wildman–Crippen LogP) is 2.81. The van der Waals surface area contributed by atoms with Gasteiger partial charge in [0.05, 0.1) is 18.2 Å². The van der Waals surface area contributed by atoms with Crippen LogP contribution < -0.4 is 5.32 Å². The lowest BCUT2D eigenvalue weighted by molar-refractivity contribution is 0.208. The summed E-state index contributed by atoms with van der Waals surface area (Å²) >= 11 is 0. The number of amides is 2. The highest BCUT2D eigenvalue weighted by Gasteiger charge is 2.18. The van der Waals surface area contributed by atoms with Gasteiger partial charge in [-0.2, -0.15) is 10.2 Å². The van der Waals surface area contributed by atoms with Gasteiger partial charge >= 0.3 is 6.03 Å². The Hall–Kier alpha value is -2.88. The number of anilines is 1. The number of benzene rings is 1. The van der Waals surface area contributed by atoms with E-state index in [1.165, 1.54) is 4.90 Å². The minimum Gasteiger partial charge on any atom is -0.339 e. The second-order valence-corrected chi connectivity index (χ2v) is 4.93. The molecule has 0 saturated heterocycles. The third kappa shape index (κ3) is 3.41. The number of para-hydroxylation sites is 1. The van der Waals surface area contributed by atoms with Crippen molar-refractivity contribution in [2.24, 2.45) is 0 Å². The Morgan fingerprint density at radius 2 is 2.23 bits per heavy atom. The average molecular weight is 299 g/mol. The molecule has 0 aliphatic heterocycles. The second kappa shape index (κ2) is 6.72. The Morgan fingerprint density at radius 1 is 1.50 bits per heavy atom. The molecule has 7 nitrogen and oxygen atoms in total. The Bertz CT molecular complexity index is 704. The van der Waals surface area contributed by atoms with Gasteiger partial charge in [0.1, 0.15) is 0 Å². The van der Waals surface area contributed by atoms with Crippen LogP contribution in [0.5, 0.6) is 0 Å². The van der Waals surface area contributed by atoms with E-state index < -0.39 is 0 Å². The van der Waals surface area contributed by atoms with E-state index in [1.807, 2.05) is 19.1 Å². The molecule has 114 valence electrons. The zero-order chi connectivity index (χ0) is 16.1. The van der Waals surface area contributed by atoms with Crippen LogP contribution in [0.4, 0.5) is 10.5 Å². The monoisotopic (exact) mass is 299 g/mol. The number of nitrogens with zero attached hydrogens (tertiary/aromatic N) is 4. The highest BCUT2D eigenvalue weighted by molar-refractivity contribution is 5.93. The fourth-order valence-corrected chi connectivity index (χ4v) is 1.87. The summed E-state index contributed by atoms with van der Waals surface area (Å²) in [6.07, 6.45) is 0.273. The second-order valence-electron chi connectivity index (χ2n) is 4.93. The summed E-state index contributed by atoms with van der Waals surface area (Å²) in [5, 5.41) is 15.4. The standard InChI is InChI=1S/C15H17N5O2/c1-10(8-9-16)20(3)15(21)18-13-7-5-4-6-12(13)14-17-11(2)22-19-14/h4-7,10H,8H2,1-3H3,(H,18,21)/t10-/m0/s1. The molecule has 1 heterocycles. The van der Waals surface area contributed by atoms with Crippen LogP contribution >= 0.6 is 0 Å². The summed E-state index contributed by atoms with van der Waals surface area (Å²) in [6, 6.07) is 8.79. The number of aryl methyl sites for hydroxylation is 1. The van der Waals surface area contributed by atoms with Crippen LogP contribution in [-0.2, 0) is 0 Å². The maximum absolute atomic E-state index is 12.3. The van der Waals surface area contributed by atoms with Crippen LogP contribution in [0, 0.1) is 18.3 Å². The lowest BCUT2D eigenvalue weighted by Crippen LogP contribution is -2.38. The Labute approximate surface area is 128 Å². The van der Waals surface area contributed by atoms with Gasteiger partial charge in [-0.05, 0) is 19.1 Å². The quantitative estimate of drug-likeness (QED) is 0.936. The fourth-order valence-electron chi connectivity index (χ4n) is 1.87. The van der Waals surface area contributed by atoms with Crippen molar-refractivity contribution >= 4 is 11.7 Å². The molecule has 0 radical (unpaired) electrons. The van der Waals surface area contributed by atoms with Gasteiger partial charge in [0.15, 0.2) is 0 Å². The third-order valence-corrected chi connectivity index (χ3v) is 3.31. The van der Waals surface area contributed by atoms with Crippen molar-refractivity contribution in [1.29, 1.82) is 5.26 Å². The SMILES string of the molecule is Cc1nc(-c2ccccc2NC(=O)N(C)[C@@H](C)CC#N)no1. The largest absolute Gasteiger partial charge is 0.339 e. The summed E-state index contributed by atoms with van der Waals surface area (Å²) in [5.74, 6) is 0.872. The Balaban J connectivity index is 2.20. The lowest BCUT2D eigenvalue weighted by atomic mass is 10.1. The highest BCUT2D eigenvalue weighted by atomic mass is 16.5. The first kappa shape index (κ1) is 15.5. The summed E-state index contributed by atoms with van der Waals surface area (Å²) in [4.78, 5) is 17.9. The smallest absolute Gasteiger partial charge is 0.321 e. The fraction of sp³-hybridized carbons (Fsp3) is 0.333. The number of nitrogens with one attached hydrogen (secondary N) is 1. The van der Waals surface area contributed by atoms with Crippen LogP contribution in [0.25, 0.3) is 11.4 Å². The van der Waals surface area contributed by atoms with E-state index >= 15 is 0 Å². The molecule has 1 atom stereocenters. The molecule has 0 bridgehead atoms. The molecule has 22 heavy (non-hydrogen) atoms. The van der Waals surface area contributed by atoms with Crippen molar-refractivity contribution in [2.75, 3.05) is 12.4 Å². The minimum atomic E-state index is -0.296. The first-order valence-corrected chi connectivity index (χ1v) is 6.83. The summed E-state index contributed by atoms with van der Waals surface area (Å²) < 4.78 is 4.98. The van der Waals surface area contributed by atoms with Gasteiger partial charge in [0.2, 0.25) is 11.7 Å². The number of hydrogen-bond acceptors (Lipinski definition) is 5. The first-order chi connectivity index (χ1) is 10.5. The predicted molar refractivity (Wildman–Crippen MR) is 80.9 cm³/mol. The average Bonchev–Trinajstić information content (AvgIpc) is 2.93. The van der Waals surface area contributed by atoms with Crippen LogP contribution in [0.3, 0.4) is 0 Å². The Kier molecular flexibility index (Phi) is 4.73. The van der Waals surface area contributed by atoms with E-state index in [1.54, 1.807) is 26.1 Å². The van der Waals surface area contributed by atoms with Crippen LogP contribution in [0.1, 0.15) is 19.2 Å². The number of hydrogen-bond donors (Lipinski definition) is 1. The number of carbonyl (C=O) groups excluding carboxylic acids is 1. The van der Waals surface area contributed by atoms with Gasteiger partial charge in [0, 0.05) is 25.6 Å². The zero-order valence-electron chi connectivity index (χ0n) is 12.7. The molecule has 0 unspecified atom stereocenters. The first-order valence-electron chi connectivity index (χ1n) is 6.83. The molecule has 7 heteroatoms. The third-order valence-electron chi connectivity index (χ3n) is 3.31. The molecular formula is C15H17N5O2. The molecule has 1 N–H and O–H groups in total. The van der Waals surface area contributed by atoms with Crippen molar-refractivity contribution in [1.82, 2.24) is 15.0 Å². The maximum atomic E-state index is 12.3. The molecule has 0 spiro atoms. The summed E-state index contributed by atoms with van der Waals surface area (Å²) in [5.41, 5.74) is 1.26. The molecule has 0 saturated carbocycles. The van der Waals surface area contributed by atoms with Crippen molar-refractivity contribution in [2.45, 2.75) is 26.3 Å². The number of urea groups is 1. The van der Waals surface area contributed by atoms with Gasteiger partial charge < -0.3 is 14.7 Å². The maximum Gasteiger partial charge on any atom is 0.321 e. The molecular weight excluding hydrogens is 282 g/mol. The zero-order valence-corrected chi connectivity index (χ0v) is 12.7. The van der Waals surface area contributed by atoms with E-state index in [2.05, 4.69) is 21.5 Å². The minimum absolute atomic E-state index is 0.176. The molecule has 0 aliphatic rings. The van der Waals surface area contributed by atoms with E-state index in [4.69, 9.17) is 9.78 Å². The molecule has 0 aliphatic carbocycles. The molecule has 2 aromatic rings. The van der Waals surface area contributed by atoms with Crippen molar-refractivity contribution in [3.05, 3.63) is 30.2 Å². The van der Waals surface area contributed by atoms with E-state index in [0.29, 0.717) is 23.0 Å². The molecule has 2 rings (SSSR count). The number of nitriles is 1. The number of aromatic nitrogens is 2. The molecule has 1 aromatic carbocycles. The lowest BCUT2D eigenvalue weighted by Gasteiger charge is -2.23. The van der Waals surface area contributed by atoms with Crippen molar-refractivity contribution < 1.29 is 9.32 Å². The van der Waals surface area contributed by atoms with Crippen LogP contribution in [0.2, 0.25) is 0 Å². The topological polar surface area (TPSA) is 95.1 Å². The van der Waals surface area contributed by atoms with Gasteiger partial charge in [-0.15, -0.1) is 0 Å². The van der Waals surface area contributed by atoms with E-state index in [9.17, 15) is 4.79 Å². The Morgan fingerprint density at radius 3 is 2.86 bits per heavy atom. The van der Waals surface area contributed by atoms with Crippen LogP contribution in [0.15, 0.2) is 28.8 Å². The highest BCUT2D eigenvalue weighted by Crippen LogP contribution is 2.25. The molecule has 2 amide bonds. The summed E-state index contributed by atoms with van der Waals surface area (Å²) in [6.45, 7) is 3.52. The van der Waals surface area contributed by atoms with E-state index in [0.717, 1.165) is 0 Å². The van der Waals surface area contributed by atoms with Gasteiger partial charge in [-0.1, -0.05) is 17.3 Å². The normalized spacial score (nSPS) is 11.5. The van der Waals surface area contributed by atoms with Gasteiger partial charge in [-0.25, -0.2) is 4.79 Å². The van der Waals surface area contributed by atoms with Gasteiger partial charge in [-0.3, -0.25) is 0 Å². The molecule has 0 fully saturated rings. The number of rotatable bonds is 4. The van der Waals surface area contributed by atoms with Gasteiger partial charge in [0.25, 0.3) is 0 Å². The number of carbonyl (C=O) groups is 1. The van der Waals surface area contributed by atoms with Crippen molar-refractivity contribution in [3.63, 3.8) is 0 Å². The van der Waals surface area contributed by atoms with Crippen LogP contribution in [-0.4, -0.2) is 34.2 Å². The summed E-state index contributed by atoms with van der Waals surface area (Å²) in [7, 11) is 1.65. The molecule has 1 aromatic heterocycles. The van der Waals surface area contributed by atoms with E-state index in [-0.39, 0.29) is 18.5 Å².